The topological polar surface area (TPSA) is 9.23 Å². The van der Waals surface area contributed by atoms with Gasteiger partial charge in [-0.05, 0) is 0 Å². The van der Waals surface area contributed by atoms with Gasteiger partial charge in [0.05, 0.1) is 0 Å². The van der Waals surface area contributed by atoms with E-state index in [-0.39, 0.29) is 24.8 Å². The fourth-order valence-electron chi connectivity index (χ4n) is 1.86. The second-order valence-corrected chi connectivity index (χ2v) is 6.46. The van der Waals surface area contributed by atoms with Crippen molar-refractivity contribution in [2.45, 2.75) is 44.6 Å². The van der Waals surface area contributed by atoms with Gasteiger partial charge < -0.3 is 24.8 Å². The fraction of sp³-hybridized carbons (Fsp3) is 0.636. The van der Waals surface area contributed by atoms with Crippen molar-refractivity contribution in [3.05, 3.63) is 21.5 Å². The van der Waals surface area contributed by atoms with Crippen LogP contribution in [0.15, 0.2) is 21.5 Å². The molecule has 0 atom stereocenters. The van der Waals surface area contributed by atoms with Crippen molar-refractivity contribution in [2.24, 2.45) is 0 Å². The number of hydrogen-bond donors (Lipinski definition) is 0. The summed E-state index contributed by atoms with van der Waals surface area (Å²) in [6.07, 6.45) is 15.3. The molecule has 0 saturated heterocycles. The third-order valence-corrected chi connectivity index (χ3v) is 5.35. The van der Waals surface area contributed by atoms with Gasteiger partial charge in [-0.15, -0.1) is 0 Å². The summed E-state index contributed by atoms with van der Waals surface area (Å²) in [4.78, 5) is 0. The van der Waals surface area contributed by atoms with E-state index in [1.165, 1.54) is 38.5 Å². The second-order valence-electron chi connectivity index (χ2n) is 3.80. The number of hydrogen-bond acceptors (Lipinski definition) is 1. The second kappa shape index (κ2) is 8.99. The molecule has 1 fully saturated rings. The molecular weight excluding hydrogens is 310 g/mol. The minimum Gasteiger partial charge on any atom is -1.00 e. The summed E-state index contributed by atoms with van der Waals surface area (Å²) in [6, 6.07) is 0. The maximum Gasteiger partial charge on any atom is -1.00 e. The molecule has 4 heteroatoms. The SMILES string of the molecule is C1=CC[C]([Zr+2][O]C2CCCCC2)=C1.[Cl-].[Cl-]. The van der Waals surface area contributed by atoms with Crippen LogP contribution in [-0.4, -0.2) is 6.10 Å². The summed E-state index contributed by atoms with van der Waals surface area (Å²) in [6.45, 7) is 0. The fourth-order valence-corrected chi connectivity index (χ4v) is 4.12. The van der Waals surface area contributed by atoms with Gasteiger partial charge in [0.25, 0.3) is 0 Å². The molecule has 0 N–H and O–H groups in total. The Bertz CT molecular complexity index is 223. The van der Waals surface area contributed by atoms with E-state index in [1.807, 2.05) is 0 Å². The largest absolute Gasteiger partial charge is 1.00 e. The molecule has 84 valence electrons. The molecule has 0 spiro atoms. The minimum absolute atomic E-state index is 0. The Kier molecular flexibility index (Phi) is 9.53. The smallest absolute Gasteiger partial charge is 1.00 e. The first-order valence-corrected chi connectivity index (χ1v) is 7.46. The van der Waals surface area contributed by atoms with Crippen LogP contribution in [0.5, 0.6) is 0 Å². The molecule has 0 heterocycles. The first kappa shape index (κ1) is 15.9. The molecule has 1 nitrogen and oxygen atoms in total. The quantitative estimate of drug-likeness (QED) is 0.544. The van der Waals surface area contributed by atoms with E-state index >= 15 is 0 Å². The zero-order valence-corrected chi connectivity index (χ0v) is 12.7. The van der Waals surface area contributed by atoms with Crippen molar-refractivity contribution in [3.8, 4) is 0 Å². The third-order valence-electron chi connectivity index (χ3n) is 2.68. The number of halogens is 2. The summed E-state index contributed by atoms with van der Waals surface area (Å²) in [7, 11) is 0. The van der Waals surface area contributed by atoms with E-state index in [0.29, 0.717) is 6.10 Å². The summed E-state index contributed by atoms with van der Waals surface area (Å²) in [5.41, 5.74) is 0. The first-order valence-electron chi connectivity index (χ1n) is 5.22. The average molecular weight is 326 g/mol. The summed E-state index contributed by atoms with van der Waals surface area (Å²) in [5, 5.41) is 0. The van der Waals surface area contributed by atoms with Crippen LogP contribution in [0.25, 0.3) is 0 Å². The molecule has 0 amide bonds. The standard InChI is InChI=1S/C6H11O.C5H5.2ClH.Zr/c7-6-4-2-1-3-5-6;1-2-4-5-3-1;;;/h6H,1-5H2;1-3H,4H2;2*1H;/q-1;;;;+3/p-2. The minimum atomic E-state index is -0.631. The zero-order valence-electron chi connectivity index (χ0n) is 8.72. The van der Waals surface area contributed by atoms with Crippen LogP contribution in [0.2, 0.25) is 0 Å². The zero-order chi connectivity index (χ0) is 8.93. The van der Waals surface area contributed by atoms with E-state index in [0.717, 1.165) is 0 Å². The van der Waals surface area contributed by atoms with E-state index in [1.54, 1.807) is 3.28 Å². The van der Waals surface area contributed by atoms with Crippen molar-refractivity contribution in [2.75, 3.05) is 0 Å². The van der Waals surface area contributed by atoms with Crippen molar-refractivity contribution >= 4 is 0 Å². The van der Waals surface area contributed by atoms with Crippen LogP contribution >= 0.6 is 0 Å². The molecule has 0 radical (unpaired) electrons. The Morgan fingerprint density at radius 2 is 1.87 bits per heavy atom. The van der Waals surface area contributed by atoms with Crippen LogP contribution < -0.4 is 24.8 Å². The van der Waals surface area contributed by atoms with Gasteiger partial charge in [-0.3, -0.25) is 0 Å². The molecule has 1 saturated carbocycles. The van der Waals surface area contributed by atoms with Gasteiger partial charge in [0, 0.05) is 0 Å². The van der Waals surface area contributed by atoms with Gasteiger partial charge in [0.15, 0.2) is 0 Å². The van der Waals surface area contributed by atoms with Crippen LogP contribution in [-0.2, 0) is 26.5 Å². The molecule has 0 unspecified atom stereocenters. The Hall–Kier alpha value is 0.903. The predicted molar refractivity (Wildman–Crippen MR) is 49.8 cm³/mol. The Balaban J connectivity index is 0.000000980. The third kappa shape index (κ3) is 5.68. The first-order chi connectivity index (χ1) is 6.45. The van der Waals surface area contributed by atoms with Gasteiger partial charge >= 0.3 is 92.6 Å². The van der Waals surface area contributed by atoms with E-state index < -0.39 is 23.7 Å². The Labute approximate surface area is 117 Å². The van der Waals surface area contributed by atoms with E-state index in [4.69, 9.17) is 2.81 Å². The van der Waals surface area contributed by atoms with Gasteiger partial charge in [0.2, 0.25) is 0 Å². The summed E-state index contributed by atoms with van der Waals surface area (Å²) >= 11 is -0.631. The maximum atomic E-state index is 6.03. The molecule has 0 aliphatic heterocycles. The van der Waals surface area contributed by atoms with Crippen molar-refractivity contribution in [1.29, 1.82) is 0 Å². The number of allylic oxidation sites excluding steroid dienone is 4. The van der Waals surface area contributed by atoms with Crippen LogP contribution in [0.3, 0.4) is 0 Å². The van der Waals surface area contributed by atoms with Crippen molar-refractivity contribution in [3.63, 3.8) is 0 Å². The van der Waals surface area contributed by atoms with Crippen LogP contribution in [0.4, 0.5) is 0 Å². The molecule has 2 aliphatic carbocycles. The Morgan fingerprint density at radius 1 is 1.13 bits per heavy atom. The molecule has 2 rings (SSSR count). The van der Waals surface area contributed by atoms with Gasteiger partial charge in [-0.1, -0.05) is 0 Å². The van der Waals surface area contributed by atoms with E-state index in [9.17, 15) is 0 Å². The predicted octanol–water partition coefficient (Wildman–Crippen LogP) is -2.81. The average Bonchev–Trinajstić information content (AvgIpc) is 2.69. The molecule has 0 bridgehead atoms. The maximum absolute atomic E-state index is 6.03. The normalized spacial score (nSPS) is 19.9. The summed E-state index contributed by atoms with van der Waals surface area (Å²) in [5.74, 6) is 0. The van der Waals surface area contributed by atoms with Gasteiger partial charge in [0.1, 0.15) is 0 Å². The molecule has 0 aromatic carbocycles. The molecular formula is C11H16Cl2OZr. The van der Waals surface area contributed by atoms with Crippen molar-refractivity contribution in [1.82, 2.24) is 0 Å². The Morgan fingerprint density at radius 3 is 2.47 bits per heavy atom. The number of rotatable bonds is 3. The van der Waals surface area contributed by atoms with Crippen LogP contribution in [0, 0.1) is 0 Å². The molecule has 2 aliphatic rings. The van der Waals surface area contributed by atoms with Crippen LogP contribution in [0.1, 0.15) is 38.5 Å². The van der Waals surface area contributed by atoms with Gasteiger partial charge in [-0.2, -0.15) is 0 Å². The molecule has 0 aromatic rings. The van der Waals surface area contributed by atoms with Crippen molar-refractivity contribution < 1.29 is 51.3 Å². The summed E-state index contributed by atoms with van der Waals surface area (Å²) < 4.78 is 7.63. The molecule has 0 aromatic heterocycles. The van der Waals surface area contributed by atoms with Gasteiger partial charge in [-0.25, -0.2) is 0 Å². The molecule has 15 heavy (non-hydrogen) atoms. The van der Waals surface area contributed by atoms with E-state index in [2.05, 4.69) is 18.2 Å². The monoisotopic (exact) mass is 324 g/mol.